The Kier molecular flexibility index (Phi) is 4.62. The number of allylic oxidation sites excluding steroid dienone is 1. The summed E-state index contributed by atoms with van der Waals surface area (Å²) in [6, 6.07) is 5.11. The van der Waals surface area contributed by atoms with Gasteiger partial charge in [0.1, 0.15) is 11.6 Å². The maximum Gasteiger partial charge on any atom is 0.281 e. The molecule has 7 heteroatoms. The summed E-state index contributed by atoms with van der Waals surface area (Å²) >= 11 is 5.63. The fourth-order valence-electron chi connectivity index (χ4n) is 1.41. The van der Waals surface area contributed by atoms with Crippen molar-refractivity contribution in [2.75, 3.05) is 0 Å². The molecule has 0 heterocycles. The second kappa shape index (κ2) is 5.98. The van der Waals surface area contributed by atoms with Crippen molar-refractivity contribution in [3.63, 3.8) is 0 Å². The Morgan fingerprint density at radius 3 is 2.68 bits per heavy atom. The number of ketones is 1. The van der Waals surface area contributed by atoms with Crippen LogP contribution in [0.3, 0.4) is 0 Å². The molecule has 0 aliphatic carbocycles. The van der Waals surface area contributed by atoms with Crippen LogP contribution in [-0.4, -0.2) is 15.8 Å². The van der Waals surface area contributed by atoms with E-state index in [0.29, 0.717) is 0 Å². The minimum Gasteiger partial charge on any atom is -0.506 e. The molecule has 6 nitrogen and oxygen atoms in total. The van der Waals surface area contributed by atoms with E-state index in [9.17, 15) is 20.0 Å². The van der Waals surface area contributed by atoms with E-state index >= 15 is 0 Å². The first-order chi connectivity index (χ1) is 8.92. The van der Waals surface area contributed by atoms with Gasteiger partial charge < -0.3 is 5.11 Å². The average molecular weight is 281 g/mol. The zero-order chi connectivity index (χ0) is 14.6. The Balaban J connectivity index is 3.53. The standard InChI is InChI=1S/C12H9ClN2O4/c1-2-11(16)9(6-14)12(17)8-4-3-7(13)5-10(8)15(18)19/h3-5,17H,2H2,1H3. The Bertz CT molecular complexity index is 617. The third-order valence-electron chi connectivity index (χ3n) is 2.36. The lowest BCUT2D eigenvalue weighted by atomic mass is 10.0. The van der Waals surface area contributed by atoms with Gasteiger partial charge in [-0.3, -0.25) is 14.9 Å². The van der Waals surface area contributed by atoms with Crippen LogP contribution < -0.4 is 0 Å². The van der Waals surface area contributed by atoms with Gasteiger partial charge in [0.15, 0.2) is 11.5 Å². The molecule has 0 atom stereocenters. The fraction of sp³-hybridized carbons (Fsp3) is 0.167. The van der Waals surface area contributed by atoms with Crippen LogP contribution in [0.5, 0.6) is 0 Å². The zero-order valence-corrected chi connectivity index (χ0v) is 10.6. The van der Waals surface area contributed by atoms with E-state index in [2.05, 4.69) is 0 Å². The number of carbonyl (C=O) groups excluding carboxylic acids is 1. The van der Waals surface area contributed by atoms with Gasteiger partial charge in [-0.1, -0.05) is 18.5 Å². The molecule has 0 radical (unpaired) electrons. The SMILES string of the molecule is CCC(=O)C(C#N)=C(O)c1ccc(Cl)cc1[N+](=O)[O-]. The molecule has 0 bridgehead atoms. The van der Waals surface area contributed by atoms with Crippen molar-refractivity contribution >= 4 is 28.8 Å². The van der Waals surface area contributed by atoms with Gasteiger partial charge in [0.25, 0.3) is 5.69 Å². The number of nitrogens with zero attached hydrogens (tertiary/aromatic N) is 2. The Labute approximate surface area is 113 Å². The number of benzene rings is 1. The quantitative estimate of drug-likeness (QED) is 0.300. The minimum absolute atomic E-state index is 0.00827. The summed E-state index contributed by atoms with van der Waals surface area (Å²) < 4.78 is 0. The van der Waals surface area contributed by atoms with Gasteiger partial charge >= 0.3 is 0 Å². The van der Waals surface area contributed by atoms with Crippen LogP contribution in [0.4, 0.5) is 5.69 Å². The van der Waals surface area contributed by atoms with Gasteiger partial charge in [-0.15, -0.1) is 0 Å². The van der Waals surface area contributed by atoms with E-state index in [1.54, 1.807) is 6.07 Å². The number of nitro groups is 1. The molecule has 1 rings (SSSR count). The number of aliphatic hydroxyl groups excluding tert-OH is 1. The molecule has 0 aliphatic rings. The summed E-state index contributed by atoms with van der Waals surface area (Å²) in [5, 5.41) is 29.7. The minimum atomic E-state index is -0.747. The lowest BCUT2D eigenvalue weighted by Gasteiger charge is -2.04. The number of nitro benzene ring substituents is 1. The maximum atomic E-state index is 11.5. The lowest BCUT2D eigenvalue weighted by Crippen LogP contribution is -2.04. The van der Waals surface area contributed by atoms with Gasteiger partial charge in [0.05, 0.1) is 10.5 Å². The lowest BCUT2D eigenvalue weighted by molar-refractivity contribution is -0.385. The molecular formula is C12H9ClN2O4. The van der Waals surface area contributed by atoms with Crippen molar-refractivity contribution in [1.82, 2.24) is 0 Å². The maximum absolute atomic E-state index is 11.5. The fourth-order valence-corrected chi connectivity index (χ4v) is 1.58. The second-order valence-electron chi connectivity index (χ2n) is 3.53. The van der Waals surface area contributed by atoms with E-state index < -0.39 is 27.7 Å². The molecule has 0 unspecified atom stereocenters. The van der Waals surface area contributed by atoms with Gasteiger partial charge in [0, 0.05) is 17.5 Å². The van der Waals surface area contributed by atoms with Crippen LogP contribution in [0, 0.1) is 21.4 Å². The second-order valence-corrected chi connectivity index (χ2v) is 3.97. The first-order valence-electron chi connectivity index (χ1n) is 5.23. The van der Waals surface area contributed by atoms with E-state index in [-0.39, 0.29) is 17.0 Å². The third-order valence-corrected chi connectivity index (χ3v) is 2.60. The molecule has 0 aliphatic heterocycles. The van der Waals surface area contributed by atoms with E-state index in [4.69, 9.17) is 16.9 Å². The zero-order valence-electron chi connectivity index (χ0n) is 9.88. The topological polar surface area (TPSA) is 104 Å². The van der Waals surface area contributed by atoms with E-state index in [0.717, 1.165) is 6.07 Å². The van der Waals surface area contributed by atoms with Crippen LogP contribution in [0.2, 0.25) is 5.02 Å². The molecule has 0 amide bonds. The van der Waals surface area contributed by atoms with Crippen LogP contribution in [0.25, 0.3) is 5.76 Å². The number of hydrogen-bond donors (Lipinski definition) is 1. The van der Waals surface area contributed by atoms with E-state index in [1.165, 1.54) is 19.1 Å². The first kappa shape index (κ1) is 14.7. The first-order valence-corrected chi connectivity index (χ1v) is 5.61. The smallest absolute Gasteiger partial charge is 0.281 e. The number of hydrogen-bond acceptors (Lipinski definition) is 5. The molecule has 0 fully saturated rings. The molecular weight excluding hydrogens is 272 g/mol. The van der Waals surface area contributed by atoms with Gasteiger partial charge in [-0.2, -0.15) is 5.26 Å². The Morgan fingerprint density at radius 2 is 2.21 bits per heavy atom. The number of rotatable bonds is 4. The summed E-state index contributed by atoms with van der Waals surface area (Å²) in [5.74, 6) is -1.30. The molecule has 19 heavy (non-hydrogen) atoms. The molecule has 0 aromatic heterocycles. The highest BCUT2D eigenvalue weighted by Crippen LogP contribution is 2.29. The average Bonchev–Trinajstić information content (AvgIpc) is 2.38. The number of nitriles is 1. The van der Waals surface area contributed by atoms with Gasteiger partial charge in [0.2, 0.25) is 0 Å². The largest absolute Gasteiger partial charge is 0.506 e. The molecule has 0 saturated heterocycles. The van der Waals surface area contributed by atoms with Crippen LogP contribution in [-0.2, 0) is 4.79 Å². The highest BCUT2D eigenvalue weighted by atomic mass is 35.5. The summed E-state index contributed by atoms with van der Waals surface area (Å²) in [7, 11) is 0. The number of carbonyl (C=O) groups is 1. The summed E-state index contributed by atoms with van der Waals surface area (Å²) in [5.41, 5.74) is -1.19. The molecule has 1 aromatic rings. The van der Waals surface area contributed by atoms with Crippen molar-refractivity contribution in [3.8, 4) is 6.07 Å². The summed E-state index contributed by atoms with van der Waals surface area (Å²) in [4.78, 5) is 21.6. The molecule has 1 aromatic carbocycles. The monoisotopic (exact) mass is 280 g/mol. The molecule has 0 spiro atoms. The number of aliphatic hydroxyl groups is 1. The van der Waals surface area contributed by atoms with Crippen LogP contribution in [0.15, 0.2) is 23.8 Å². The van der Waals surface area contributed by atoms with Crippen molar-refractivity contribution in [2.24, 2.45) is 0 Å². The van der Waals surface area contributed by atoms with Crippen LogP contribution in [0.1, 0.15) is 18.9 Å². The predicted octanol–water partition coefficient (Wildman–Crippen LogP) is 3.02. The number of Topliss-reactive ketones (excluding diaryl/α,β-unsaturated/α-hetero) is 1. The Hall–Kier alpha value is -2.39. The summed E-state index contributed by atoms with van der Waals surface area (Å²) in [6.45, 7) is 1.52. The van der Waals surface area contributed by atoms with Gasteiger partial charge in [-0.25, -0.2) is 0 Å². The highest BCUT2D eigenvalue weighted by molar-refractivity contribution is 6.30. The van der Waals surface area contributed by atoms with Crippen molar-refractivity contribution < 1.29 is 14.8 Å². The molecule has 1 N–H and O–H groups in total. The van der Waals surface area contributed by atoms with E-state index in [1.807, 2.05) is 0 Å². The van der Waals surface area contributed by atoms with Crippen molar-refractivity contribution in [1.29, 1.82) is 5.26 Å². The third kappa shape index (κ3) is 3.09. The van der Waals surface area contributed by atoms with Crippen molar-refractivity contribution in [3.05, 3.63) is 44.5 Å². The van der Waals surface area contributed by atoms with Gasteiger partial charge in [-0.05, 0) is 12.1 Å². The predicted molar refractivity (Wildman–Crippen MR) is 68.6 cm³/mol. The highest BCUT2D eigenvalue weighted by Gasteiger charge is 2.22. The van der Waals surface area contributed by atoms with Crippen molar-refractivity contribution in [2.45, 2.75) is 13.3 Å². The summed E-state index contributed by atoms with van der Waals surface area (Å²) in [6.07, 6.45) is 0.00827. The Morgan fingerprint density at radius 1 is 1.58 bits per heavy atom. The van der Waals surface area contributed by atoms with Crippen LogP contribution >= 0.6 is 11.6 Å². The molecule has 98 valence electrons. The number of halogens is 1. The molecule has 0 saturated carbocycles. The normalized spacial score (nSPS) is 11.4.